The Hall–Kier alpha value is -3.61. The second-order valence-electron chi connectivity index (χ2n) is 5.31. The molecule has 3 heterocycles. The fourth-order valence-electron chi connectivity index (χ4n) is 2.60. The van der Waals surface area contributed by atoms with Crippen LogP contribution in [0.1, 0.15) is 10.5 Å². The highest BCUT2D eigenvalue weighted by Crippen LogP contribution is 2.30. The minimum absolute atomic E-state index is 0.263. The van der Waals surface area contributed by atoms with E-state index in [2.05, 4.69) is 20.5 Å². The maximum atomic E-state index is 12.5. The molecule has 0 unspecified atom stereocenters. The average Bonchev–Trinajstić information content (AvgIpc) is 3.33. The van der Waals surface area contributed by atoms with Gasteiger partial charge in [0.25, 0.3) is 5.91 Å². The second kappa shape index (κ2) is 6.12. The van der Waals surface area contributed by atoms with E-state index >= 15 is 0 Å². The molecule has 4 rings (SSSR count). The summed E-state index contributed by atoms with van der Waals surface area (Å²) in [5, 5.41) is 10.5. The first-order chi connectivity index (χ1) is 12.3. The Morgan fingerprint density at radius 3 is 2.96 bits per heavy atom. The third kappa shape index (κ3) is 2.72. The molecule has 0 fully saturated rings. The number of methoxy groups -OCH3 is 1. The Labute approximate surface area is 142 Å². The van der Waals surface area contributed by atoms with Crippen molar-refractivity contribution in [2.75, 3.05) is 12.4 Å². The minimum Gasteiger partial charge on any atom is -0.494 e. The van der Waals surface area contributed by atoms with Gasteiger partial charge in [-0.05, 0) is 36.4 Å². The summed E-state index contributed by atoms with van der Waals surface area (Å²) in [6.45, 7) is 0. The smallest absolute Gasteiger partial charge is 0.276 e. The van der Waals surface area contributed by atoms with Crippen molar-refractivity contribution in [1.29, 1.82) is 0 Å². The van der Waals surface area contributed by atoms with Crippen LogP contribution in [-0.4, -0.2) is 28.2 Å². The standard InChI is InChI=1S/C18H14N4O3/c1-24-16-7-6-12(11-4-2-8-19-17(11)16)20-18(23)14-10-13(21-22-14)15-5-3-9-25-15/h2-10H,1H3,(H,20,23)(H,21,22). The fourth-order valence-corrected chi connectivity index (χ4v) is 2.60. The quantitative estimate of drug-likeness (QED) is 0.596. The number of rotatable bonds is 4. The van der Waals surface area contributed by atoms with Gasteiger partial charge in [-0.15, -0.1) is 0 Å². The van der Waals surface area contributed by atoms with Crippen molar-refractivity contribution in [1.82, 2.24) is 15.2 Å². The van der Waals surface area contributed by atoms with Crippen molar-refractivity contribution >= 4 is 22.5 Å². The third-order valence-corrected chi connectivity index (χ3v) is 3.80. The molecule has 2 N–H and O–H groups in total. The average molecular weight is 334 g/mol. The molecule has 4 aromatic rings. The second-order valence-corrected chi connectivity index (χ2v) is 5.31. The number of nitrogens with one attached hydrogen (secondary N) is 2. The Kier molecular flexibility index (Phi) is 3.66. The lowest BCUT2D eigenvalue weighted by Gasteiger charge is -2.10. The van der Waals surface area contributed by atoms with E-state index in [0.29, 0.717) is 28.4 Å². The minimum atomic E-state index is -0.329. The molecule has 124 valence electrons. The van der Waals surface area contributed by atoms with Crippen LogP contribution in [0.3, 0.4) is 0 Å². The van der Waals surface area contributed by atoms with Gasteiger partial charge in [0.15, 0.2) is 11.5 Å². The molecule has 0 aliphatic carbocycles. The SMILES string of the molecule is COc1ccc(NC(=O)c2cc(-c3ccco3)[nH]n2)c2cccnc12. The first kappa shape index (κ1) is 14.9. The molecule has 3 aromatic heterocycles. The molecule has 0 bridgehead atoms. The number of pyridine rings is 1. The van der Waals surface area contributed by atoms with Crippen LogP contribution in [0.15, 0.2) is 59.3 Å². The van der Waals surface area contributed by atoms with Crippen LogP contribution in [0.5, 0.6) is 5.75 Å². The number of hydrogen-bond acceptors (Lipinski definition) is 5. The molecule has 0 aliphatic rings. The fraction of sp³-hybridized carbons (Fsp3) is 0.0556. The van der Waals surface area contributed by atoms with E-state index in [1.54, 1.807) is 56.0 Å². The summed E-state index contributed by atoms with van der Waals surface area (Å²) in [5.41, 5.74) is 2.22. The monoisotopic (exact) mass is 334 g/mol. The number of anilines is 1. The maximum Gasteiger partial charge on any atom is 0.276 e. The van der Waals surface area contributed by atoms with Gasteiger partial charge in [-0.25, -0.2) is 0 Å². The van der Waals surface area contributed by atoms with Gasteiger partial charge in [0.2, 0.25) is 0 Å². The summed E-state index contributed by atoms with van der Waals surface area (Å²) in [7, 11) is 1.58. The van der Waals surface area contributed by atoms with E-state index < -0.39 is 0 Å². The van der Waals surface area contributed by atoms with Gasteiger partial charge < -0.3 is 14.5 Å². The van der Waals surface area contributed by atoms with Crippen LogP contribution >= 0.6 is 0 Å². The van der Waals surface area contributed by atoms with Crippen molar-refractivity contribution in [3.63, 3.8) is 0 Å². The van der Waals surface area contributed by atoms with Gasteiger partial charge in [-0.1, -0.05) is 0 Å². The highest BCUT2D eigenvalue weighted by atomic mass is 16.5. The molecular formula is C18H14N4O3. The molecule has 1 aromatic carbocycles. The van der Waals surface area contributed by atoms with Crippen molar-refractivity contribution < 1.29 is 13.9 Å². The number of nitrogens with zero attached hydrogens (tertiary/aromatic N) is 2. The molecule has 7 heteroatoms. The lowest BCUT2D eigenvalue weighted by atomic mass is 10.1. The van der Waals surface area contributed by atoms with Crippen LogP contribution in [0.4, 0.5) is 5.69 Å². The van der Waals surface area contributed by atoms with E-state index in [9.17, 15) is 4.79 Å². The zero-order valence-corrected chi connectivity index (χ0v) is 13.3. The molecule has 7 nitrogen and oxygen atoms in total. The molecule has 0 atom stereocenters. The summed E-state index contributed by atoms with van der Waals surface area (Å²) in [4.78, 5) is 16.8. The summed E-state index contributed by atoms with van der Waals surface area (Å²) < 4.78 is 10.6. The maximum absolute atomic E-state index is 12.5. The van der Waals surface area contributed by atoms with Gasteiger partial charge in [0.05, 0.1) is 19.1 Å². The first-order valence-electron chi connectivity index (χ1n) is 7.58. The number of fused-ring (bicyclic) bond motifs is 1. The molecule has 25 heavy (non-hydrogen) atoms. The number of benzene rings is 1. The zero-order valence-electron chi connectivity index (χ0n) is 13.3. The van der Waals surface area contributed by atoms with Crippen LogP contribution in [-0.2, 0) is 0 Å². The summed E-state index contributed by atoms with van der Waals surface area (Å²) in [6.07, 6.45) is 3.24. The number of furan rings is 1. The molecule has 0 radical (unpaired) electrons. The Bertz CT molecular complexity index is 1040. The van der Waals surface area contributed by atoms with E-state index in [1.165, 1.54) is 0 Å². The van der Waals surface area contributed by atoms with Crippen molar-refractivity contribution in [3.05, 3.63) is 60.6 Å². The van der Waals surface area contributed by atoms with Crippen LogP contribution in [0.25, 0.3) is 22.4 Å². The first-order valence-corrected chi connectivity index (χ1v) is 7.58. The Balaban J connectivity index is 1.64. The predicted octanol–water partition coefficient (Wildman–Crippen LogP) is 3.48. The summed E-state index contributed by atoms with van der Waals surface area (Å²) >= 11 is 0. The number of hydrogen-bond donors (Lipinski definition) is 2. The Morgan fingerprint density at radius 2 is 2.16 bits per heavy atom. The highest BCUT2D eigenvalue weighted by Gasteiger charge is 2.15. The largest absolute Gasteiger partial charge is 0.494 e. The van der Waals surface area contributed by atoms with Crippen LogP contribution in [0, 0.1) is 0 Å². The molecule has 0 saturated carbocycles. The van der Waals surface area contributed by atoms with Crippen molar-refractivity contribution in [2.24, 2.45) is 0 Å². The number of aromatic amines is 1. The van der Waals surface area contributed by atoms with Gasteiger partial charge >= 0.3 is 0 Å². The molecular weight excluding hydrogens is 320 g/mol. The molecule has 0 aliphatic heterocycles. The predicted molar refractivity (Wildman–Crippen MR) is 92.5 cm³/mol. The normalized spacial score (nSPS) is 10.8. The topological polar surface area (TPSA) is 93.0 Å². The lowest BCUT2D eigenvalue weighted by Crippen LogP contribution is -2.12. The highest BCUT2D eigenvalue weighted by molar-refractivity contribution is 6.08. The van der Waals surface area contributed by atoms with Gasteiger partial charge in [0, 0.05) is 17.6 Å². The number of carbonyl (C=O) groups excluding carboxylic acids is 1. The van der Waals surface area contributed by atoms with E-state index in [0.717, 1.165) is 5.39 Å². The molecule has 0 spiro atoms. The number of H-pyrrole nitrogens is 1. The lowest BCUT2D eigenvalue weighted by molar-refractivity contribution is 0.102. The number of carbonyl (C=O) groups is 1. The zero-order chi connectivity index (χ0) is 17.2. The van der Waals surface area contributed by atoms with Crippen LogP contribution < -0.4 is 10.1 Å². The van der Waals surface area contributed by atoms with E-state index in [4.69, 9.17) is 9.15 Å². The molecule has 1 amide bonds. The van der Waals surface area contributed by atoms with Crippen LogP contribution in [0.2, 0.25) is 0 Å². The number of ether oxygens (including phenoxy) is 1. The number of aromatic nitrogens is 3. The van der Waals surface area contributed by atoms with E-state index in [-0.39, 0.29) is 11.6 Å². The third-order valence-electron chi connectivity index (χ3n) is 3.80. The molecule has 0 saturated heterocycles. The van der Waals surface area contributed by atoms with E-state index in [1.807, 2.05) is 6.07 Å². The summed E-state index contributed by atoms with van der Waals surface area (Å²) in [6, 6.07) is 12.4. The number of amides is 1. The summed E-state index contributed by atoms with van der Waals surface area (Å²) in [5.74, 6) is 0.934. The van der Waals surface area contributed by atoms with Crippen molar-refractivity contribution in [2.45, 2.75) is 0 Å². The van der Waals surface area contributed by atoms with Gasteiger partial charge in [-0.2, -0.15) is 5.10 Å². The Morgan fingerprint density at radius 1 is 1.24 bits per heavy atom. The van der Waals surface area contributed by atoms with Gasteiger partial charge in [-0.3, -0.25) is 14.9 Å². The van der Waals surface area contributed by atoms with Crippen molar-refractivity contribution in [3.8, 4) is 17.2 Å². The van der Waals surface area contributed by atoms with Gasteiger partial charge in [0.1, 0.15) is 17.0 Å².